The highest BCUT2D eigenvalue weighted by Gasteiger charge is 2.06. The summed E-state index contributed by atoms with van der Waals surface area (Å²) in [5, 5.41) is 5.73. The van der Waals surface area contributed by atoms with Crippen LogP contribution in [0.25, 0.3) is 0 Å². The van der Waals surface area contributed by atoms with Gasteiger partial charge in [0.25, 0.3) is 0 Å². The Labute approximate surface area is 136 Å². The molecule has 0 bridgehead atoms. The number of nitrogens with two attached hydrogens (primary N) is 1. The third-order valence-electron chi connectivity index (χ3n) is 3.17. The number of amides is 2. The molecule has 2 amide bonds. The average molecular weight is 321 g/mol. The molecule has 0 fully saturated rings. The molecule has 0 unspecified atom stereocenters. The number of carbonyl (C=O) groups excluding carboxylic acids is 2. The Kier molecular flexibility index (Phi) is 8.14. The third-order valence-corrected chi connectivity index (χ3v) is 3.37. The van der Waals surface area contributed by atoms with Crippen molar-refractivity contribution in [1.29, 1.82) is 0 Å². The summed E-state index contributed by atoms with van der Waals surface area (Å²) in [6.45, 7) is 2.16. The minimum absolute atomic E-state index is 0.0972. The van der Waals surface area contributed by atoms with Crippen LogP contribution < -0.4 is 16.4 Å². The molecule has 120 valence electrons. The van der Waals surface area contributed by atoms with Gasteiger partial charge in [-0.05, 0) is 36.8 Å². The maximum atomic E-state index is 11.7. The second-order valence-electron chi connectivity index (χ2n) is 5.11. The minimum atomic E-state index is -0.509. The molecular weight excluding hydrogens is 298 g/mol. The van der Waals surface area contributed by atoms with Gasteiger partial charge >= 0.3 is 0 Å². The van der Waals surface area contributed by atoms with E-state index in [0.717, 1.165) is 19.3 Å². The lowest BCUT2D eigenvalue weighted by Crippen LogP contribution is -2.34. The quantitative estimate of drug-likeness (QED) is 0.508. The molecule has 0 aliphatic rings. The first-order valence-electron chi connectivity index (χ1n) is 7.53. The summed E-state index contributed by atoms with van der Waals surface area (Å²) in [4.78, 5) is 22.8. The van der Waals surface area contributed by atoms with Crippen molar-refractivity contribution in [3.05, 3.63) is 29.8 Å². The number of carbonyl (C=O) groups is 2. The van der Waals surface area contributed by atoms with Crippen LogP contribution in [-0.4, -0.2) is 16.9 Å². The van der Waals surface area contributed by atoms with Crippen LogP contribution in [0.2, 0.25) is 0 Å². The van der Waals surface area contributed by atoms with Gasteiger partial charge in [0.2, 0.25) is 11.8 Å². The SMILES string of the molecule is CCCCCCCC(=O)NC(=S)Nc1cccc(C(N)=O)c1. The minimum Gasteiger partial charge on any atom is -0.366 e. The largest absolute Gasteiger partial charge is 0.366 e. The van der Waals surface area contributed by atoms with Crippen molar-refractivity contribution in [2.75, 3.05) is 5.32 Å². The summed E-state index contributed by atoms with van der Waals surface area (Å²) < 4.78 is 0. The van der Waals surface area contributed by atoms with Crippen LogP contribution in [0.4, 0.5) is 5.69 Å². The number of rotatable bonds is 8. The van der Waals surface area contributed by atoms with Crippen LogP contribution in [0, 0.1) is 0 Å². The first kappa shape index (κ1) is 18.1. The summed E-state index contributed by atoms with van der Waals surface area (Å²) in [7, 11) is 0. The normalized spacial score (nSPS) is 10.0. The maximum Gasteiger partial charge on any atom is 0.248 e. The van der Waals surface area contributed by atoms with Gasteiger partial charge in [-0.3, -0.25) is 9.59 Å². The molecule has 0 saturated heterocycles. The van der Waals surface area contributed by atoms with Gasteiger partial charge in [0.1, 0.15) is 0 Å². The lowest BCUT2D eigenvalue weighted by Gasteiger charge is -2.10. The van der Waals surface area contributed by atoms with E-state index in [4.69, 9.17) is 18.0 Å². The summed E-state index contributed by atoms with van der Waals surface area (Å²) in [6, 6.07) is 6.65. The van der Waals surface area contributed by atoms with Crippen molar-refractivity contribution in [3.63, 3.8) is 0 Å². The van der Waals surface area contributed by atoms with Gasteiger partial charge in [-0.25, -0.2) is 0 Å². The van der Waals surface area contributed by atoms with E-state index in [1.807, 2.05) is 0 Å². The number of thiocarbonyl (C=S) groups is 1. The molecule has 1 aromatic carbocycles. The van der Waals surface area contributed by atoms with Crippen LogP contribution in [0.3, 0.4) is 0 Å². The molecule has 1 aromatic rings. The number of benzene rings is 1. The van der Waals surface area contributed by atoms with E-state index < -0.39 is 5.91 Å². The van der Waals surface area contributed by atoms with Gasteiger partial charge in [-0.15, -0.1) is 0 Å². The average Bonchev–Trinajstić information content (AvgIpc) is 2.47. The second kappa shape index (κ2) is 9.89. The first-order valence-corrected chi connectivity index (χ1v) is 7.94. The van der Waals surface area contributed by atoms with Crippen molar-refractivity contribution >= 4 is 34.8 Å². The zero-order valence-corrected chi connectivity index (χ0v) is 13.7. The molecule has 0 spiro atoms. The molecule has 0 saturated carbocycles. The van der Waals surface area contributed by atoms with Gasteiger partial charge in [0, 0.05) is 17.7 Å². The van der Waals surface area contributed by atoms with E-state index in [1.165, 1.54) is 12.8 Å². The first-order chi connectivity index (χ1) is 10.5. The van der Waals surface area contributed by atoms with Crippen LogP contribution >= 0.6 is 12.2 Å². The van der Waals surface area contributed by atoms with Gasteiger partial charge in [-0.2, -0.15) is 0 Å². The van der Waals surface area contributed by atoms with E-state index in [0.29, 0.717) is 17.7 Å². The van der Waals surface area contributed by atoms with Crippen LogP contribution in [-0.2, 0) is 4.79 Å². The molecule has 22 heavy (non-hydrogen) atoms. The van der Waals surface area contributed by atoms with Crippen molar-refractivity contribution in [2.45, 2.75) is 45.4 Å². The van der Waals surface area contributed by atoms with E-state index >= 15 is 0 Å². The summed E-state index contributed by atoms with van der Waals surface area (Å²) in [6.07, 6.45) is 5.94. The van der Waals surface area contributed by atoms with E-state index in [-0.39, 0.29) is 11.0 Å². The molecule has 0 aliphatic carbocycles. The van der Waals surface area contributed by atoms with Crippen molar-refractivity contribution in [2.24, 2.45) is 5.73 Å². The van der Waals surface area contributed by atoms with Gasteiger partial charge in [0.05, 0.1) is 0 Å². The lowest BCUT2D eigenvalue weighted by atomic mass is 10.1. The molecule has 4 N–H and O–H groups in total. The molecular formula is C16H23N3O2S. The highest BCUT2D eigenvalue weighted by Crippen LogP contribution is 2.10. The number of anilines is 1. The van der Waals surface area contributed by atoms with Crippen LogP contribution in [0.15, 0.2) is 24.3 Å². The molecule has 0 atom stereocenters. The standard InChI is InChI=1S/C16H23N3O2S/c1-2-3-4-5-6-10-14(20)19-16(22)18-13-9-7-8-12(11-13)15(17)21/h7-9,11H,2-6,10H2,1H3,(H2,17,21)(H2,18,19,20,22). The van der Waals surface area contributed by atoms with Crippen LogP contribution in [0.5, 0.6) is 0 Å². The Balaban J connectivity index is 2.35. The van der Waals surface area contributed by atoms with Crippen molar-refractivity contribution in [1.82, 2.24) is 5.32 Å². The fraction of sp³-hybridized carbons (Fsp3) is 0.438. The second-order valence-corrected chi connectivity index (χ2v) is 5.52. The van der Waals surface area contributed by atoms with Crippen LogP contribution in [0.1, 0.15) is 55.8 Å². The highest BCUT2D eigenvalue weighted by atomic mass is 32.1. The Hall–Kier alpha value is -1.95. The smallest absolute Gasteiger partial charge is 0.248 e. The number of hydrogen-bond donors (Lipinski definition) is 3. The Morgan fingerprint density at radius 1 is 1.18 bits per heavy atom. The highest BCUT2D eigenvalue weighted by molar-refractivity contribution is 7.80. The molecule has 0 radical (unpaired) electrons. The Morgan fingerprint density at radius 3 is 2.59 bits per heavy atom. The summed E-state index contributed by atoms with van der Waals surface area (Å²) >= 11 is 5.08. The summed E-state index contributed by atoms with van der Waals surface area (Å²) in [5.41, 5.74) is 6.21. The summed E-state index contributed by atoms with van der Waals surface area (Å²) in [5.74, 6) is -0.606. The Morgan fingerprint density at radius 2 is 1.91 bits per heavy atom. The number of nitrogens with one attached hydrogen (secondary N) is 2. The van der Waals surface area contributed by atoms with Gasteiger partial charge in [-0.1, -0.05) is 38.7 Å². The molecule has 1 rings (SSSR count). The molecule has 6 heteroatoms. The predicted molar refractivity (Wildman–Crippen MR) is 92.7 cm³/mol. The van der Waals surface area contributed by atoms with E-state index in [9.17, 15) is 9.59 Å². The number of unbranched alkanes of at least 4 members (excludes halogenated alkanes) is 4. The fourth-order valence-electron chi connectivity index (χ4n) is 1.99. The predicted octanol–water partition coefficient (Wildman–Crippen LogP) is 2.96. The molecule has 5 nitrogen and oxygen atoms in total. The van der Waals surface area contributed by atoms with E-state index in [2.05, 4.69) is 17.6 Å². The molecule has 0 aromatic heterocycles. The lowest BCUT2D eigenvalue weighted by molar-refractivity contribution is -0.119. The maximum absolute atomic E-state index is 11.7. The van der Waals surface area contributed by atoms with Gasteiger partial charge in [0.15, 0.2) is 5.11 Å². The van der Waals surface area contributed by atoms with Crippen molar-refractivity contribution < 1.29 is 9.59 Å². The van der Waals surface area contributed by atoms with E-state index in [1.54, 1.807) is 24.3 Å². The van der Waals surface area contributed by atoms with Crippen molar-refractivity contribution in [3.8, 4) is 0 Å². The monoisotopic (exact) mass is 321 g/mol. The zero-order chi connectivity index (χ0) is 16.4. The topological polar surface area (TPSA) is 84.2 Å². The Bertz CT molecular complexity index is 532. The molecule has 0 heterocycles. The zero-order valence-electron chi connectivity index (χ0n) is 12.9. The van der Waals surface area contributed by atoms with Gasteiger partial charge < -0.3 is 16.4 Å². The molecule has 0 aliphatic heterocycles. The number of hydrogen-bond acceptors (Lipinski definition) is 3. The third kappa shape index (κ3) is 7.17. The fourth-order valence-corrected chi connectivity index (χ4v) is 2.22. The number of primary amides is 1.